The van der Waals surface area contributed by atoms with Crippen molar-refractivity contribution in [2.45, 2.75) is 26.3 Å². The van der Waals surface area contributed by atoms with Crippen LogP contribution >= 0.6 is 0 Å². The van der Waals surface area contributed by atoms with Crippen LogP contribution in [0.3, 0.4) is 0 Å². The van der Waals surface area contributed by atoms with Gasteiger partial charge in [-0.15, -0.1) is 0 Å². The first-order valence-corrected chi connectivity index (χ1v) is 5.53. The second-order valence-corrected chi connectivity index (χ2v) is 4.17. The minimum Gasteiger partial charge on any atom is -0.354 e. The second-order valence-electron chi connectivity index (χ2n) is 4.17. The van der Waals surface area contributed by atoms with Gasteiger partial charge in [0.1, 0.15) is 0 Å². The Hall–Kier alpha value is -1.42. The maximum absolute atomic E-state index is 11.5. The molecule has 0 bridgehead atoms. The first kappa shape index (κ1) is 12.6. The van der Waals surface area contributed by atoms with Crippen LogP contribution in [0.25, 0.3) is 0 Å². The molecule has 0 aliphatic carbocycles. The number of pyridine rings is 1. The van der Waals surface area contributed by atoms with Crippen LogP contribution in [0.1, 0.15) is 19.4 Å². The van der Waals surface area contributed by atoms with E-state index in [0.717, 1.165) is 12.0 Å². The van der Waals surface area contributed by atoms with E-state index in [1.54, 1.807) is 12.4 Å². The Morgan fingerprint density at radius 1 is 1.56 bits per heavy atom. The number of amides is 1. The third-order valence-electron chi connectivity index (χ3n) is 2.46. The molecule has 0 saturated heterocycles. The van der Waals surface area contributed by atoms with E-state index in [1.165, 1.54) is 0 Å². The van der Waals surface area contributed by atoms with Crippen LogP contribution in [0.5, 0.6) is 0 Å². The number of nitrogens with zero attached hydrogens (tertiary/aromatic N) is 1. The zero-order valence-corrected chi connectivity index (χ0v) is 9.81. The number of rotatable bonds is 5. The maximum atomic E-state index is 11.5. The Morgan fingerprint density at radius 3 is 2.88 bits per heavy atom. The van der Waals surface area contributed by atoms with E-state index in [2.05, 4.69) is 10.3 Å². The van der Waals surface area contributed by atoms with Crippen molar-refractivity contribution in [1.82, 2.24) is 10.3 Å². The standard InChI is InChI=1S/C12H19N3O/c1-9(2)11(13)12(16)15-7-5-10-4-3-6-14-8-10/h3-4,6,8-9,11H,5,7,13H2,1-2H3,(H,15,16)/t11-/m0/s1. The Balaban J connectivity index is 2.28. The van der Waals surface area contributed by atoms with Crippen molar-refractivity contribution < 1.29 is 4.79 Å². The molecular weight excluding hydrogens is 202 g/mol. The van der Waals surface area contributed by atoms with E-state index >= 15 is 0 Å². The number of carbonyl (C=O) groups excluding carboxylic acids is 1. The number of nitrogens with one attached hydrogen (secondary N) is 1. The molecule has 0 radical (unpaired) electrons. The van der Waals surface area contributed by atoms with Gasteiger partial charge in [-0.1, -0.05) is 19.9 Å². The van der Waals surface area contributed by atoms with Crippen molar-refractivity contribution in [2.75, 3.05) is 6.54 Å². The van der Waals surface area contributed by atoms with Gasteiger partial charge >= 0.3 is 0 Å². The highest BCUT2D eigenvalue weighted by molar-refractivity contribution is 5.81. The van der Waals surface area contributed by atoms with Crippen molar-refractivity contribution in [2.24, 2.45) is 11.7 Å². The molecule has 88 valence electrons. The summed E-state index contributed by atoms with van der Waals surface area (Å²) in [6.45, 7) is 4.47. The highest BCUT2D eigenvalue weighted by Gasteiger charge is 2.15. The van der Waals surface area contributed by atoms with Gasteiger partial charge in [0, 0.05) is 18.9 Å². The van der Waals surface area contributed by atoms with Crippen molar-refractivity contribution >= 4 is 5.91 Å². The number of carbonyl (C=O) groups is 1. The van der Waals surface area contributed by atoms with Gasteiger partial charge in [0.15, 0.2) is 0 Å². The third kappa shape index (κ3) is 3.98. The Kier molecular flexibility index (Phi) is 4.92. The van der Waals surface area contributed by atoms with Gasteiger partial charge in [-0.05, 0) is 24.0 Å². The minimum atomic E-state index is -0.422. The van der Waals surface area contributed by atoms with Crippen LogP contribution in [0.15, 0.2) is 24.5 Å². The van der Waals surface area contributed by atoms with Gasteiger partial charge in [0.05, 0.1) is 6.04 Å². The van der Waals surface area contributed by atoms with Crippen molar-refractivity contribution in [1.29, 1.82) is 0 Å². The number of hydrogen-bond acceptors (Lipinski definition) is 3. The lowest BCUT2D eigenvalue weighted by molar-refractivity contribution is -0.123. The zero-order chi connectivity index (χ0) is 12.0. The van der Waals surface area contributed by atoms with Crippen LogP contribution < -0.4 is 11.1 Å². The molecule has 1 rings (SSSR count). The topological polar surface area (TPSA) is 68.0 Å². The predicted octanol–water partition coefficient (Wildman–Crippen LogP) is 0.724. The SMILES string of the molecule is CC(C)[C@H](N)C(=O)NCCc1cccnc1. The van der Waals surface area contributed by atoms with Crippen LogP contribution in [0.2, 0.25) is 0 Å². The molecular formula is C12H19N3O. The van der Waals surface area contributed by atoms with Gasteiger partial charge in [-0.25, -0.2) is 0 Å². The molecule has 0 saturated carbocycles. The summed E-state index contributed by atoms with van der Waals surface area (Å²) in [6, 6.07) is 3.45. The summed E-state index contributed by atoms with van der Waals surface area (Å²) in [5.41, 5.74) is 6.83. The van der Waals surface area contributed by atoms with Crippen molar-refractivity contribution in [3.63, 3.8) is 0 Å². The van der Waals surface area contributed by atoms with E-state index < -0.39 is 6.04 Å². The molecule has 0 aliphatic heterocycles. The van der Waals surface area contributed by atoms with Crippen molar-refractivity contribution in [3.05, 3.63) is 30.1 Å². The van der Waals surface area contributed by atoms with E-state index in [9.17, 15) is 4.79 Å². The summed E-state index contributed by atoms with van der Waals surface area (Å²) in [5, 5.41) is 2.82. The molecule has 1 atom stereocenters. The molecule has 0 spiro atoms. The molecule has 1 aromatic heterocycles. The van der Waals surface area contributed by atoms with E-state index in [-0.39, 0.29) is 11.8 Å². The highest BCUT2D eigenvalue weighted by Crippen LogP contribution is 1.99. The number of nitrogens with two attached hydrogens (primary N) is 1. The van der Waals surface area contributed by atoms with Crippen LogP contribution in [0, 0.1) is 5.92 Å². The quantitative estimate of drug-likeness (QED) is 0.770. The van der Waals surface area contributed by atoms with Gasteiger partial charge in [-0.3, -0.25) is 9.78 Å². The Morgan fingerprint density at radius 2 is 2.31 bits per heavy atom. The lowest BCUT2D eigenvalue weighted by Gasteiger charge is -2.15. The van der Waals surface area contributed by atoms with E-state index in [0.29, 0.717) is 6.54 Å². The third-order valence-corrected chi connectivity index (χ3v) is 2.46. The average Bonchev–Trinajstić information content (AvgIpc) is 2.29. The summed E-state index contributed by atoms with van der Waals surface area (Å²) in [5.74, 6) is 0.0808. The fourth-order valence-electron chi connectivity index (χ4n) is 1.30. The monoisotopic (exact) mass is 221 g/mol. The zero-order valence-electron chi connectivity index (χ0n) is 9.81. The minimum absolute atomic E-state index is 0.0844. The van der Waals surface area contributed by atoms with E-state index in [1.807, 2.05) is 26.0 Å². The van der Waals surface area contributed by atoms with Crippen molar-refractivity contribution in [3.8, 4) is 0 Å². The fourth-order valence-corrected chi connectivity index (χ4v) is 1.30. The van der Waals surface area contributed by atoms with Crippen LogP contribution in [-0.2, 0) is 11.2 Å². The molecule has 0 fully saturated rings. The molecule has 0 aromatic carbocycles. The lowest BCUT2D eigenvalue weighted by Crippen LogP contribution is -2.44. The Labute approximate surface area is 96.3 Å². The predicted molar refractivity (Wildman–Crippen MR) is 63.8 cm³/mol. The summed E-state index contributed by atoms with van der Waals surface area (Å²) in [6.07, 6.45) is 4.32. The van der Waals surface area contributed by atoms with Crippen LogP contribution in [-0.4, -0.2) is 23.5 Å². The molecule has 1 aromatic rings. The van der Waals surface area contributed by atoms with Gasteiger partial charge < -0.3 is 11.1 Å². The largest absolute Gasteiger partial charge is 0.354 e. The van der Waals surface area contributed by atoms with Gasteiger partial charge in [0.2, 0.25) is 5.91 Å². The molecule has 1 amide bonds. The molecule has 4 heteroatoms. The van der Waals surface area contributed by atoms with Gasteiger partial charge in [-0.2, -0.15) is 0 Å². The Bertz CT molecular complexity index is 324. The summed E-state index contributed by atoms with van der Waals surface area (Å²) >= 11 is 0. The first-order chi connectivity index (χ1) is 7.61. The molecule has 0 aliphatic rings. The molecule has 3 N–H and O–H groups in total. The highest BCUT2D eigenvalue weighted by atomic mass is 16.2. The number of aromatic nitrogens is 1. The summed E-state index contributed by atoms with van der Waals surface area (Å²) in [4.78, 5) is 15.5. The average molecular weight is 221 g/mol. The summed E-state index contributed by atoms with van der Waals surface area (Å²) < 4.78 is 0. The molecule has 4 nitrogen and oxygen atoms in total. The molecule has 16 heavy (non-hydrogen) atoms. The fraction of sp³-hybridized carbons (Fsp3) is 0.500. The smallest absolute Gasteiger partial charge is 0.237 e. The lowest BCUT2D eigenvalue weighted by atomic mass is 10.1. The first-order valence-electron chi connectivity index (χ1n) is 5.53. The molecule has 0 unspecified atom stereocenters. The maximum Gasteiger partial charge on any atom is 0.237 e. The van der Waals surface area contributed by atoms with Crippen LogP contribution in [0.4, 0.5) is 0 Å². The van der Waals surface area contributed by atoms with E-state index in [4.69, 9.17) is 5.73 Å². The summed E-state index contributed by atoms with van der Waals surface area (Å²) in [7, 11) is 0. The van der Waals surface area contributed by atoms with Gasteiger partial charge in [0.25, 0.3) is 0 Å². The normalized spacial score (nSPS) is 12.5. The second kappa shape index (κ2) is 6.23. The number of hydrogen-bond donors (Lipinski definition) is 2. The molecule has 1 heterocycles.